The Hall–Kier alpha value is -2.37. The molecule has 116 valence electrons. The van der Waals surface area contributed by atoms with Crippen LogP contribution in [0.1, 0.15) is 33.0 Å². The molecule has 0 aliphatic heterocycles. The highest BCUT2D eigenvalue weighted by molar-refractivity contribution is 5.91. The van der Waals surface area contributed by atoms with E-state index in [1.165, 1.54) is 9.13 Å². The maximum atomic E-state index is 12.2. The summed E-state index contributed by atoms with van der Waals surface area (Å²) in [6.07, 6.45) is 1.89. The quantitative estimate of drug-likeness (QED) is 0.749. The maximum Gasteiger partial charge on any atom is 0.316 e. The van der Waals surface area contributed by atoms with Gasteiger partial charge in [0, 0.05) is 19.5 Å². The van der Waals surface area contributed by atoms with Crippen molar-refractivity contribution in [3.63, 3.8) is 0 Å². The zero-order valence-corrected chi connectivity index (χ0v) is 13.1. The van der Waals surface area contributed by atoms with Crippen LogP contribution in [0.25, 0.3) is 22.1 Å². The van der Waals surface area contributed by atoms with Crippen LogP contribution in [0.2, 0.25) is 0 Å². The molecule has 0 unspecified atom stereocenters. The van der Waals surface area contributed by atoms with E-state index in [-0.39, 0.29) is 0 Å². The molecule has 6 heteroatoms. The van der Waals surface area contributed by atoms with Crippen LogP contribution < -0.4 is 11.1 Å². The summed E-state index contributed by atoms with van der Waals surface area (Å²) in [7, 11) is 0. The zero-order valence-electron chi connectivity index (χ0n) is 13.1. The van der Waals surface area contributed by atoms with Crippen LogP contribution in [0.4, 0.5) is 0 Å². The van der Waals surface area contributed by atoms with E-state index in [2.05, 4.69) is 16.9 Å². The van der Waals surface area contributed by atoms with Gasteiger partial charge in [-0.25, -0.2) is 4.98 Å². The van der Waals surface area contributed by atoms with Gasteiger partial charge in [0.25, 0.3) is 0 Å². The lowest BCUT2D eigenvalue weighted by Crippen LogP contribution is -2.41. The van der Waals surface area contributed by atoms with E-state index in [0.717, 1.165) is 40.7 Å². The van der Waals surface area contributed by atoms with E-state index in [9.17, 15) is 9.59 Å². The Morgan fingerprint density at radius 1 is 1.00 bits per heavy atom. The summed E-state index contributed by atoms with van der Waals surface area (Å²) in [6, 6.07) is 3.82. The van der Waals surface area contributed by atoms with Gasteiger partial charge in [0.1, 0.15) is 5.82 Å². The molecule has 0 fully saturated rings. The molecule has 0 spiro atoms. The van der Waals surface area contributed by atoms with Crippen LogP contribution in [-0.4, -0.2) is 19.1 Å². The number of H-pyrrole nitrogens is 1. The Morgan fingerprint density at radius 3 is 2.14 bits per heavy atom. The molecule has 1 aromatic carbocycles. The van der Waals surface area contributed by atoms with Crippen LogP contribution in [0.3, 0.4) is 0 Å². The highest BCUT2D eigenvalue weighted by Gasteiger charge is 2.13. The van der Waals surface area contributed by atoms with E-state index in [1.54, 1.807) is 0 Å². The highest BCUT2D eigenvalue weighted by Crippen LogP contribution is 2.20. The topological polar surface area (TPSA) is 72.7 Å². The summed E-state index contributed by atoms with van der Waals surface area (Å²) < 4.78 is 3.06. The third-order valence-corrected chi connectivity index (χ3v) is 4.00. The molecule has 0 aliphatic carbocycles. The number of aromatic nitrogens is 4. The molecule has 3 rings (SSSR count). The average molecular weight is 300 g/mol. The minimum atomic E-state index is -0.472. The van der Waals surface area contributed by atoms with Gasteiger partial charge in [0.15, 0.2) is 0 Å². The second kappa shape index (κ2) is 5.44. The van der Waals surface area contributed by atoms with Crippen LogP contribution in [0.5, 0.6) is 0 Å². The number of rotatable bonds is 4. The minimum absolute atomic E-state index is 0.465. The molecule has 0 saturated carbocycles. The van der Waals surface area contributed by atoms with Crippen molar-refractivity contribution in [1.29, 1.82) is 0 Å². The first-order valence-corrected chi connectivity index (χ1v) is 7.76. The number of fused-ring (bicyclic) bond motifs is 2. The standard InChI is InChI=1S/C16H20N4O2/c1-4-7-14-17-10-8-12-13(9-11(10)18-14)20(6-3)16(22)15(21)19(12)5-2/h8-9H,4-7H2,1-3H3,(H,17,18). The van der Waals surface area contributed by atoms with Crippen LogP contribution in [0.15, 0.2) is 21.7 Å². The molecule has 0 bridgehead atoms. The summed E-state index contributed by atoms with van der Waals surface area (Å²) in [4.78, 5) is 32.4. The summed E-state index contributed by atoms with van der Waals surface area (Å²) in [6.45, 7) is 6.78. The summed E-state index contributed by atoms with van der Waals surface area (Å²) in [5.41, 5.74) is 2.33. The fourth-order valence-corrected chi connectivity index (χ4v) is 2.95. The third kappa shape index (κ3) is 2.06. The van der Waals surface area contributed by atoms with Crippen molar-refractivity contribution in [2.24, 2.45) is 0 Å². The first kappa shape index (κ1) is 14.6. The van der Waals surface area contributed by atoms with Crippen molar-refractivity contribution >= 4 is 22.1 Å². The van der Waals surface area contributed by atoms with E-state index >= 15 is 0 Å². The second-order valence-electron chi connectivity index (χ2n) is 5.39. The molecule has 2 heterocycles. The van der Waals surface area contributed by atoms with E-state index in [4.69, 9.17) is 0 Å². The Kier molecular flexibility index (Phi) is 3.60. The molecule has 6 nitrogen and oxygen atoms in total. The Bertz CT molecular complexity index is 888. The van der Waals surface area contributed by atoms with Crippen molar-refractivity contribution < 1.29 is 0 Å². The number of aryl methyl sites for hydroxylation is 3. The molecule has 0 saturated heterocycles. The van der Waals surface area contributed by atoms with E-state index in [1.807, 2.05) is 26.0 Å². The number of benzene rings is 1. The predicted octanol–water partition coefficient (Wildman–Crippen LogP) is 2.03. The van der Waals surface area contributed by atoms with Crippen molar-refractivity contribution in [3.05, 3.63) is 38.7 Å². The lowest BCUT2D eigenvalue weighted by Gasteiger charge is -2.12. The number of hydrogen-bond donors (Lipinski definition) is 1. The normalized spacial score (nSPS) is 11.6. The van der Waals surface area contributed by atoms with Gasteiger partial charge in [-0.15, -0.1) is 0 Å². The first-order valence-electron chi connectivity index (χ1n) is 7.76. The Balaban J connectivity index is 2.45. The maximum absolute atomic E-state index is 12.2. The molecule has 0 aliphatic rings. The van der Waals surface area contributed by atoms with Gasteiger partial charge in [-0.05, 0) is 32.4 Å². The van der Waals surface area contributed by atoms with Crippen molar-refractivity contribution in [2.75, 3.05) is 0 Å². The fourth-order valence-electron chi connectivity index (χ4n) is 2.95. The lowest BCUT2D eigenvalue weighted by molar-refractivity contribution is 0.683. The van der Waals surface area contributed by atoms with Crippen LogP contribution >= 0.6 is 0 Å². The molecule has 2 aromatic heterocycles. The smallest absolute Gasteiger partial charge is 0.316 e. The first-order chi connectivity index (χ1) is 10.6. The number of aromatic amines is 1. The molecule has 0 atom stereocenters. The second-order valence-corrected chi connectivity index (χ2v) is 5.39. The molecular weight excluding hydrogens is 280 g/mol. The molecular formula is C16H20N4O2. The van der Waals surface area contributed by atoms with Gasteiger partial charge in [0.05, 0.1) is 22.1 Å². The molecule has 0 amide bonds. The van der Waals surface area contributed by atoms with Gasteiger partial charge in [-0.2, -0.15) is 0 Å². The number of nitrogens with one attached hydrogen (secondary N) is 1. The average Bonchev–Trinajstić information content (AvgIpc) is 2.89. The Labute approximate surface area is 127 Å². The van der Waals surface area contributed by atoms with E-state index in [0.29, 0.717) is 13.1 Å². The molecule has 22 heavy (non-hydrogen) atoms. The van der Waals surface area contributed by atoms with E-state index < -0.39 is 11.1 Å². The van der Waals surface area contributed by atoms with Crippen LogP contribution in [-0.2, 0) is 19.5 Å². The predicted molar refractivity (Wildman–Crippen MR) is 87.5 cm³/mol. The van der Waals surface area contributed by atoms with Gasteiger partial charge in [-0.1, -0.05) is 6.92 Å². The van der Waals surface area contributed by atoms with Crippen molar-refractivity contribution in [2.45, 2.75) is 46.7 Å². The molecule has 3 aromatic rings. The summed E-state index contributed by atoms with van der Waals surface area (Å²) in [5.74, 6) is 0.934. The molecule has 1 N–H and O–H groups in total. The van der Waals surface area contributed by atoms with Crippen LogP contribution in [0, 0.1) is 0 Å². The van der Waals surface area contributed by atoms with Gasteiger partial charge < -0.3 is 14.1 Å². The third-order valence-electron chi connectivity index (χ3n) is 4.00. The number of nitrogens with zero attached hydrogens (tertiary/aromatic N) is 3. The highest BCUT2D eigenvalue weighted by atomic mass is 16.2. The number of hydrogen-bond acceptors (Lipinski definition) is 3. The number of imidazole rings is 1. The molecule has 0 radical (unpaired) electrons. The Morgan fingerprint density at radius 2 is 1.59 bits per heavy atom. The monoisotopic (exact) mass is 300 g/mol. The fraction of sp³-hybridized carbons (Fsp3) is 0.438. The minimum Gasteiger partial charge on any atom is -0.342 e. The van der Waals surface area contributed by atoms with Gasteiger partial charge in [-0.3, -0.25) is 9.59 Å². The van der Waals surface area contributed by atoms with Gasteiger partial charge >= 0.3 is 11.1 Å². The zero-order chi connectivity index (χ0) is 15.9. The summed E-state index contributed by atoms with van der Waals surface area (Å²) >= 11 is 0. The van der Waals surface area contributed by atoms with Gasteiger partial charge in [0.2, 0.25) is 0 Å². The SMILES string of the molecule is CCCc1nc2cc3c(cc2[nH]1)n(CC)c(=O)c(=O)n3CC. The lowest BCUT2D eigenvalue weighted by atomic mass is 10.2. The van der Waals surface area contributed by atoms with Crippen molar-refractivity contribution in [1.82, 2.24) is 19.1 Å². The largest absolute Gasteiger partial charge is 0.342 e. The summed E-state index contributed by atoms with van der Waals surface area (Å²) in [5, 5.41) is 0. The van der Waals surface area contributed by atoms with Crippen molar-refractivity contribution in [3.8, 4) is 0 Å².